The number of hydrogen-bond donors (Lipinski definition) is 1. The highest BCUT2D eigenvalue weighted by Gasteiger charge is 2.14. The second-order valence-corrected chi connectivity index (χ2v) is 6.33. The van der Waals surface area contributed by atoms with Gasteiger partial charge in [0.1, 0.15) is 0 Å². The molecule has 20 heavy (non-hydrogen) atoms. The Labute approximate surface area is 126 Å². The summed E-state index contributed by atoms with van der Waals surface area (Å²) < 4.78 is 0. The molecule has 112 valence electrons. The molecule has 0 aliphatic carbocycles. The molecule has 2 unspecified atom stereocenters. The minimum absolute atomic E-state index is 0.442. The van der Waals surface area contributed by atoms with Crippen LogP contribution in [0, 0.1) is 0 Å². The largest absolute Gasteiger partial charge is 0.481 e. The highest BCUT2D eigenvalue weighted by atomic mass is 32.2. The van der Waals surface area contributed by atoms with Gasteiger partial charge < -0.3 is 5.11 Å². The summed E-state index contributed by atoms with van der Waals surface area (Å²) >= 11 is 1.88. The van der Waals surface area contributed by atoms with E-state index in [1.807, 2.05) is 36.0 Å². The Hall–Kier alpha value is -1.00. The minimum atomic E-state index is -0.777. The van der Waals surface area contributed by atoms with Crippen LogP contribution in [0.25, 0.3) is 0 Å². The lowest BCUT2D eigenvalue weighted by atomic mass is 10.00. The van der Waals surface area contributed by atoms with E-state index in [0.29, 0.717) is 6.04 Å². The second kappa shape index (κ2) is 8.32. The lowest BCUT2D eigenvalue weighted by Gasteiger charge is -2.24. The first-order valence-corrected chi connectivity index (χ1v) is 8.36. The molecule has 0 saturated carbocycles. The summed E-state index contributed by atoms with van der Waals surface area (Å²) in [6.45, 7) is 4.86. The van der Waals surface area contributed by atoms with Crippen molar-refractivity contribution in [2.75, 3.05) is 19.1 Å². The zero-order valence-corrected chi connectivity index (χ0v) is 13.6. The molecule has 3 nitrogen and oxygen atoms in total. The maximum atomic E-state index is 10.9. The van der Waals surface area contributed by atoms with Gasteiger partial charge in [-0.25, -0.2) is 0 Å². The molecule has 2 atom stereocenters. The van der Waals surface area contributed by atoms with Gasteiger partial charge in [0.25, 0.3) is 0 Å². The number of carbonyl (C=O) groups is 1. The van der Waals surface area contributed by atoms with Gasteiger partial charge >= 0.3 is 5.97 Å². The van der Waals surface area contributed by atoms with Crippen molar-refractivity contribution < 1.29 is 9.90 Å². The Balaban J connectivity index is 2.58. The van der Waals surface area contributed by atoms with E-state index in [-0.39, 0.29) is 0 Å². The summed E-state index contributed by atoms with van der Waals surface area (Å²) in [5.41, 5.74) is 2.09. The van der Waals surface area contributed by atoms with E-state index in [1.165, 1.54) is 17.7 Å². The van der Waals surface area contributed by atoms with Crippen LogP contribution in [-0.4, -0.2) is 41.1 Å². The van der Waals surface area contributed by atoms with E-state index in [1.54, 1.807) is 6.92 Å². The van der Waals surface area contributed by atoms with E-state index < -0.39 is 11.9 Å². The topological polar surface area (TPSA) is 40.5 Å². The predicted molar refractivity (Wildman–Crippen MR) is 86.4 cm³/mol. The normalized spacial score (nSPS) is 14.2. The standard InChI is InChI=1S/C16H25NO2S/c1-12(9-10-20-4)17(3)11-14-5-7-15(8-6-14)13(2)16(18)19/h5-8,12-13H,9-11H2,1-4H3,(H,18,19). The third kappa shape index (κ3) is 5.17. The Morgan fingerprint density at radius 1 is 1.30 bits per heavy atom. The van der Waals surface area contributed by atoms with Crippen molar-refractivity contribution in [3.63, 3.8) is 0 Å². The van der Waals surface area contributed by atoms with Gasteiger partial charge in [-0.2, -0.15) is 11.8 Å². The van der Waals surface area contributed by atoms with E-state index in [9.17, 15) is 4.79 Å². The Kier molecular flexibility index (Phi) is 7.10. The molecule has 0 fully saturated rings. The molecule has 0 heterocycles. The maximum Gasteiger partial charge on any atom is 0.310 e. The molecule has 0 saturated heterocycles. The number of carboxylic acids is 1. The van der Waals surface area contributed by atoms with Crippen LogP contribution in [0.4, 0.5) is 0 Å². The van der Waals surface area contributed by atoms with Crippen LogP contribution in [0.1, 0.15) is 37.3 Å². The minimum Gasteiger partial charge on any atom is -0.481 e. The molecular formula is C16H25NO2S. The summed E-state index contributed by atoms with van der Waals surface area (Å²) in [6, 6.07) is 8.47. The van der Waals surface area contributed by atoms with Crippen LogP contribution < -0.4 is 0 Å². The number of thioether (sulfide) groups is 1. The quantitative estimate of drug-likeness (QED) is 0.797. The average Bonchev–Trinajstić information content (AvgIpc) is 2.44. The molecule has 1 aromatic rings. The number of carboxylic acid groups (broad SMARTS) is 1. The zero-order chi connectivity index (χ0) is 15.1. The first-order chi connectivity index (χ1) is 9.45. The highest BCUT2D eigenvalue weighted by Crippen LogP contribution is 2.17. The van der Waals surface area contributed by atoms with Crippen molar-refractivity contribution >= 4 is 17.7 Å². The fourth-order valence-electron chi connectivity index (χ4n) is 2.01. The SMILES string of the molecule is CSCCC(C)N(C)Cc1ccc(C(C)C(=O)O)cc1. The summed E-state index contributed by atoms with van der Waals surface area (Å²) in [4.78, 5) is 13.3. The van der Waals surface area contributed by atoms with Crippen LogP contribution in [0.15, 0.2) is 24.3 Å². The number of hydrogen-bond acceptors (Lipinski definition) is 3. The average molecular weight is 295 g/mol. The number of benzene rings is 1. The molecule has 0 radical (unpaired) electrons. The van der Waals surface area contributed by atoms with Gasteiger partial charge in [0, 0.05) is 12.6 Å². The Morgan fingerprint density at radius 2 is 1.90 bits per heavy atom. The number of aliphatic carboxylic acids is 1. The number of nitrogens with zero attached hydrogens (tertiary/aromatic N) is 1. The fourth-order valence-corrected chi connectivity index (χ4v) is 2.58. The lowest BCUT2D eigenvalue weighted by Crippen LogP contribution is -2.29. The van der Waals surface area contributed by atoms with Crippen LogP contribution in [0.2, 0.25) is 0 Å². The molecule has 0 bridgehead atoms. The monoisotopic (exact) mass is 295 g/mol. The van der Waals surface area contributed by atoms with E-state index in [0.717, 1.165) is 12.1 Å². The predicted octanol–water partition coefficient (Wildman–Crippen LogP) is 3.45. The second-order valence-electron chi connectivity index (χ2n) is 5.35. The number of rotatable bonds is 8. The third-order valence-corrected chi connectivity index (χ3v) is 4.42. The van der Waals surface area contributed by atoms with Crippen molar-refractivity contribution in [2.24, 2.45) is 0 Å². The van der Waals surface area contributed by atoms with Crippen molar-refractivity contribution in [2.45, 2.75) is 38.8 Å². The Morgan fingerprint density at radius 3 is 2.40 bits per heavy atom. The van der Waals surface area contributed by atoms with E-state index >= 15 is 0 Å². The van der Waals surface area contributed by atoms with Gasteiger partial charge in [-0.05, 0) is 50.5 Å². The first kappa shape index (κ1) is 17.1. The lowest BCUT2D eigenvalue weighted by molar-refractivity contribution is -0.138. The summed E-state index contributed by atoms with van der Waals surface area (Å²) in [6.07, 6.45) is 3.32. The van der Waals surface area contributed by atoms with Gasteiger partial charge in [-0.15, -0.1) is 0 Å². The van der Waals surface area contributed by atoms with Crippen molar-refractivity contribution in [3.05, 3.63) is 35.4 Å². The van der Waals surface area contributed by atoms with Crippen molar-refractivity contribution in [3.8, 4) is 0 Å². The summed E-state index contributed by atoms with van der Waals surface area (Å²) in [7, 11) is 2.14. The first-order valence-electron chi connectivity index (χ1n) is 6.96. The van der Waals surface area contributed by atoms with Crippen LogP contribution in [0.5, 0.6) is 0 Å². The van der Waals surface area contributed by atoms with Gasteiger partial charge in [0.05, 0.1) is 5.92 Å². The van der Waals surface area contributed by atoms with E-state index in [4.69, 9.17) is 5.11 Å². The summed E-state index contributed by atoms with van der Waals surface area (Å²) in [5.74, 6) is -0.0385. The van der Waals surface area contributed by atoms with Crippen LogP contribution >= 0.6 is 11.8 Å². The molecule has 4 heteroatoms. The van der Waals surface area contributed by atoms with E-state index in [2.05, 4.69) is 25.1 Å². The smallest absolute Gasteiger partial charge is 0.310 e. The molecule has 1 aromatic carbocycles. The van der Waals surface area contributed by atoms with Gasteiger partial charge in [0.15, 0.2) is 0 Å². The maximum absolute atomic E-state index is 10.9. The van der Waals surface area contributed by atoms with Gasteiger partial charge in [-0.3, -0.25) is 9.69 Å². The fraction of sp³-hybridized carbons (Fsp3) is 0.562. The third-order valence-electron chi connectivity index (χ3n) is 3.77. The summed E-state index contributed by atoms with van der Waals surface area (Å²) in [5, 5.41) is 9.00. The molecule has 1 rings (SSSR count). The molecular weight excluding hydrogens is 270 g/mol. The molecule has 0 spiro atoms. The van der Waals surface area contributed by atoms with Crippen LogP contribution in [-0.2, 0) is 11.3 Å². The van der Waals surface area contributed by atoms with Gasteiger partial charge in [-0.1, -0.05) is 24.3 Å². The Bertz CT molecular complexity index is 419. The van der Waals surface area contributed by atoms with Crippen LogP contribution in [0.3, 0.4) is 0 Å². The van der Waals surface area contributed by atoms with Gasteiger partial charge in [0.2, 0.25) is 0 Å². The van der Waals surface area contributed by atoms with Crippen molar-refractivity contribution in [1.82, 2.24) is 4.90 Å². The zero-order valence-electron chi connectivity index (χ0n) is 12.8. The highest BCUT2D eigenvalue weighted by molar-refractivity contribution is 7.98. The molecule has 0 aromatic heterocycles. The molecule has 0 amide bonds. The van der Waals surface area contributed by atoms with Crippen molar-refractivity contribution in [1.29, 1.82) is 0 Å². The molecule has 1 N–H and O–H groups in total. The molecule has 0 aliphatic rings. The molecule has 0 aliphatic heterocycles.